The molecule has 7 nitrogen and oxygen atoms in total. The molecule has 3 aromatic rings. The van der Waals surface area contributed by atoms with Crippen LogP contribution >= 0.6 is 0 Å². The van der Waals surface area contributed by atoms with Crippen molar-refractivity contribution >= 4 is 27.3 Å². The van der Waals surface area contributed by atoms with Crippen LogP contribution in [0.4, 0.5) is 11.4 Å². The number of amides is 1. The molecule has 1 amide bonds. The molecule has 0 bridgehead atoms. The van der Waals surface area contributed by atoms with Gasteiger partial charge < -0.3 is 15.2 Å². The molecular formula is C21H20N2O5S. The number of sulfonamides is 1. The number of hydrogen-bond acceptors (Lipinski definition) is 5. The number of hydrogen-bond donors (Lipinski definition) is 3. The van der Waals surface area contributed by atoms with Crippen LogP contribution in [0.2, 0.25) is 0 Å². The monoisotopic (exact) mass is 412 g/mol. The van der Waals surface area contributed by atoms with Gasteiger partial charge in [0.15, 0.2) is 0 Å². The molecule has 0 aliphatic carbocycles. The zero-order valence-corrected chi connectivity index (χ0v) is 16.4. The van der Waals surface area contributed by atoms with Gasteiger partial charge in [0.2, 0.25) is 0 Å². The molecule has 0 atom stereocenters. The molecule has 8 heteroatoms. The molecule has 3 aromatic carbocycles. The minimum atomic E-state index is -3.89. The lowest BCUT2D eigenvalue weighted by atomic mass is 10.1. The van der Waals surface area contributed by atoms with Gasteiger partial charge in [0.25, 0.3) is 15.9 Å². The first kappa shape index (κ1) is 20.4. The van der Waals surface area contributed by atoms with Crippen LogP contribution in [0.25, 0.3) is 0 Å². The van der Waals surface area contributed by atoms with Crippen LogP contribution in [-0.2, 0) is 16.6 Å². The summed E-state index contributed by atoms with van der Waals surface area (Å²) in [5, 5.41) is 11.8. The van der Waals surface area contributed by atoms with Crippen molar-refractivity contribution in [2.45, 2.75) is 11.5 Å². The number of aliphatic hydroxyl groups is 1. The minimum Gasteiger partial charge on any atom is -0.495 e. The van der Waals surface area contributed by atoms with Crippen molar-refractivity contribution in [2.24, 2.45) is 0 Å². The molecular weight excluding hydrogens is 392 g/mol. The predicted molar refractivity (Wildman–Crippen MR) is 111 cm³/mol. The number of methoxy groups -OCH3 is 1. The summed E-state index contributed by atoms with van der Waals surface area (Å²) in [7, 11) is -2.43. The Labute approximate surface area is 169 Å². The lowest BCUT2D eigenvalue weighted by Crippen LogP contribution is -2.15. The second kappa shape index (κ2) is 8.76. The summed E-state index contributed by atoms with van der Waals surface area (Å²) in [6.07, 6.45) is 0. The number of rotatable bonds is 7. The number of carbonyl (C=O) groups excluding carboxylic acids is 1. The molecule has 3 N–H and O–H groups in total. The van der Waals surface area contributed by atoms with E-state index < -0.39 is 10.0 Å². The fourth-order valence-electron chi connectivity index (χ4n) is 2.64. The summed E-state index contributed by atoms with van der Waals surface area (Å²) in [5.41, 5.74) is 1.73. The third-order valence-corrected chi connectivity index (χ3v) is 5.52. The van der Waals surface area contributed by atoms with Gasteiger partial charge in [-0.25, -0.2) is 8.42 Å². The minimum absolute atomic E-state index is 0.00293. The van der Waals surface area contributed by atoms with Gasteiger partial charge >= 0.3 is 0 Å². The van der Waals surface area contributed by atoms with Crippen LogP contribution < -0.4 is 14.8 Å². The van der Waals surface area contributed by atoms with E-state index in [9.17, 15) is 13.2 Å². The highest BCUT2D eigenvalue weighted by atomic mass is 32.2. The van der Waals surface area contributed by atoms with Gasteiger partial charge in [0.1, 0.15) is 5.75 Å². The van der Waals surface area contributed by atoms with Crippen molar-refractivity contribution in [3.8, 4) is 5.75 Å². The van der Waals surface area contributed by atoms with Gasteiger partial charge in [-0.05, 0) is 48.0 Å². The summed E-state index contributed by atoms with van der Waals surface area (Å²) in [6.45, 7) is -0.110. The number of nitrogens with one attached hydrogen (secondary N) is 2. The maximum atomic E-state index is 12.7. The summed E-state index contributed by atoms with van der Waals surface area (Å²) >= 11 is 0. The van der Waals surface area contributed by atoms with E-state index in [2.05, 4.69) is 10.0 Å². The van der Waals surface area contributed by atoms with E-state index in [4.69, 9.17) is 9.84 Å². The van der Waals surface area contributed by atoms with Crippen molar-refractivity contribution in [1.82, 2.24) is 0 Å². The third-order valence-electron chi connectivity index (χ3n) is 4.15. The van der Waals surface area contributed by atoms with Gasteiger partial charge in [0.05, 0.1) is 24.3 Å². The molecule has 150 valence electrons. The Bertz CT molecular complexity index is 1110. The van der Waals surface area contributed by atoms with Gasteiger partial charge in [-0.1, -0.05) is 30.3 Å². The highest BCUT2D eigenvalue weighted by Crippen LogP contribution is 2.27. The Balaban J connectivity index is 1.80. The van der Waals surface area contributed by atoms with Crippen LogP contribution in [0.3, 0.4) is 0 Å². The van der Waals surface area contributed by atoms with Crippen molar-refractivity contribution in [3.05, 3.63) is 83.9 Å². The van der Waals surface area contributed by atoms with E-state index in [1.807, 2.05) is 0 Å². The average Bonchev–Trinajstić information content (AvgIpc) is 2.74. The number of aliphatic hydroxyl groups excluding tert-OH is 1. The molecule has 0 aliphatic rings. The van der Waals surface area contributed by atoms with Crippen molar-refractivity contribution in [2.75, 3.05) is 17.1 Å². The molecule has 29 heavy (non-hydrogen) atoms. The lowest BCUT2D eigenvalue weighted by Gasteiger charge is -2.12. The molecule has 0 radical (unpaired) electrons. The first-order chi connectivity index (χ1) is 13.9. The van der Waals surface area contributed by atoms with Gasteiger partial charge in [-0.3, -0.25) is 9.52 Å². The third kappa shape index (κ3) is 4.92. The molecule has 0 unspecified atom stereocenters. The second-order valence-corrected chi connectivity index (χ2v) is 7.83. The van der Waals surface area contributed by atoms with Gasteiger partial charge in [-0.15, -0.1) is 0 Å². The Morgan fingerprint density at radius 1 is 1.00 bits per heavy atom. The maximum absolute atomic E-state index is 12.7. The number of carbonyl (C=O) groups is 1. The number of para-hydroxylation sites is 2. The SMILES string of the molecule is COc1ccccc1NS(=O)(=O)c1cccc(NC(=O)c2ccc(CO)cc2)c1. The van der Waals surface area contributed by atoms with E-state index in [-0.39, 0.29) is 17.4 Å². The molecule has 0 aromatic heterocycles. The van der Waals surface area contributed by atoms with Crippen LogP contribution in [0.1, 0.15) is 15.9 Å². The Kier molecular flexibility index (Phi) is 6.16. The Hall–Kier alpha value is -3.36. The van der Waals surface area contributed by atoms with Crippen LogP contribution in [-0.4, -0.2) is 26.5 Å². The number of ether oxygens (including phenoxy) is 1. The number of benzene rings is 3. The normalized spacial score (nSPS) is 11.0. The molecule has 0 spiro atoms. The largest absolute Gasteiger partial charge is 0.495 e. The summed E-state index contributed by atoms with van der Waals surface area (Å²) in [6, 6.07) is 19.1. The first-order valence-electron chi connectivity index (χ1n) is 8.70. The molecule has 0 heterocycles. The molecule has 3 rings (SSSR count). The Morgan fingerprint density at radius 3 is 2.41 bits per heavy atom. The highest BCUT2D eigenvalue weighted by Gasteiger charge is 2.17. The van der Waals surface area contributed by atoms with Crippen LogP contribution in [0, 0.1) is 0 Å². The van der Waals surface area contributed by atoms with Crippen molar-refractivity contribution in [1.29, 1.82) is 0 Å². The standard InChI is InChI=1S/C21H20N2O5S/c1-28-20-8-3-2-7-19(20)23-29(26,27)18-6-4-5-17(13-18)22-21(25)16-11-9-15(14-24)10-12-16/h2-13,23-24H,14H2,1H3,(H,22,25). The molecule has 0 saturated carbocycles. The maximum Gasteiger partial charge on any atom is 0.262 e. The van der Waals surface area contributed by atoms with Crippen molar-refractivity contribution in [3.63, 3.8) is 0 Å². The first-order valence-corrected chi connectivity index (χ1v) is 10.2. The fraction of sp³-hybridized carbons (Fsp3) is 0.0952. The lowest BCUT2D eigenvalue weighted by molar-refractivity contribution is 0.102. The van der Waals surface area contributed by atoms with E-state index in [1.54, 1.807) is 60.7 Å². The second-order valence-electron chi connectivity index (χ2n) is 6.14. The fourth-order valence-corrected chi connectivity index (χ4v) is 3.75. The summed E-state index contributed by atoms with van der Waals surface area (Å²) < 4.78 is 33.1. The van der Waals surface area contributed by atoms with Crippen molar-refractivity contribution < 1.29 is 23.1 Å². The highest BCUT2D eigenvalue weighted by molar-refractivity contribution is 7.92. The summed E-state index contributed by atoms with van der Waals surface area (Å²) in [4.78, 5) is 12.4. The predicted octanol–water partition coefficient (Wildman–Crippen LogP) is 3.24. The molecule has 0 fully saturated rings. The van der Waals surface area contributed by atoms with Crippen LogP contribution in [0.15, 0.2) is 77.7 Å². The Morgan fingerprint density at radius 2 is 1.72 bits per heavy atom. The zero-order chi connectivity index (χ0) is 20.9. The average molecular weight is 412 g/mol. The number of anilines is 2. The molecule has 0 saturated heterocycles. The van der Waals surface area contributed by atoms with Crippen LogP contribution in [0.5, 0.6) is 5.75 Å². The van der Waals surface area contributed by atoms with Gasteiger partial charge in [0, 0.05) is 11.3 Å². The van der Waals surface area contributed by atoms with E-state index >= 15 is 0 Å². The van der Waals surface area contributed by atoms with E-state index in [0.29, 0.717) is 28.3 Å². The molecule has 0 aliphatic heterocycles. The smallest absolute Gasteiger partial charge is 0.262 e. The van der Waals surface area contributed by atoms with Gasteiger partial charge in [-0.2, -0.15) is 0 Å². The quantitative estimate of drug-likeness (QED) is 0.553. The van der Waals surface area contributed by atoms with E-state index in [1.165, 1.54) is 19.2 Å². The summed E-state index contributed by atoms with van der Waals surface area (Å²) in [5.74, 6) is 0.00795. The topological polar surface area (TPSA) is 105 Å². The zero-order valence-electron chi connectivity index (χ0n) is 15.6. The van der Waals surface area contributed by atoms with E-state index in [0.717, 1.165) is 0 Å².